The van der Waals surface area contributed by atoms with Crippen LogP contribution in [0.25, 0.3) is 5.65 Å². The third-order valence-electron chi connectivity index (χ3n) is 4.12. The molecule has 1 amide bonds. The number of anilines is 1. The summed E-state index contributed by atoms with van der Waals surface area (Å²) in [6, 6.07) is 7.73. The van der Waals surface area contributed by atoms with E-state index in [1.807, 2.05) is 33.8 Å². The predicted molar refractivity (Wildman–Crippen MR) is 98.2 cm³/mol. The summed E-state index contributed by atoms with van der Waals surface area (Å²) >= 11 is 6.10. The Bertz CT molecular complexity index is 920. The second kappa shape index (κ2) is 6.29. The molecule has 0 atom stereocenters. The normalized spacial score (nSPS) is 11.0. The number of hydrogen-bond donors (Lipinski definition) is 1. The zero-order chi connectivity index (χ0) is 17.4. The first-order valence-electron chi connectivity index (χ1n) is 7.96. The number of carbonyl (C=O) groups excluding carboxylic acids is 1. The SMILES string of the molecule is CCc1nc2ccc(Cl)cn2c1C(=O)Nc1c(C)cc(C)cc1C. The number of rotatable bonds is 3. The highest BCUT2D eigenvalue weighted by molar-refractivity contribution is 6.30. The molecule has 0 aliphatic carbocycles. The second-order valence-corrected chi connectivity index (χ2v) is 6.50. The van der Waals surface area contributed by atoms with Crippen LogP contribution in [0.3, 0.4) is 0 Å². The lowest BCUT2D eigenvalue weighted by atomic mass is 10.0. The van der Waals surface area contributed by atoms with Gasteiger partial charge in [0.2, 0.25) is 0 Å². The second-order valence-electron chi connectivity index (χ2n) is 6.06. The third kappa shape index (κ3) is 2.89. The number of pyridine rings is 1. The van der Waals surface area contributed by atoms with E-state index in [0.717, 1.165) is 28.2 Å². The van der Waals surface area contributed by atoms with Crippen molar-refractivity contribution in [1.29, 1.82) is 0 Å². The minimum atomic E-state index is -0.170. The van der Waals surface area contributed by atoms with Crippen molar-refractivity contribution in [2.45, 2.75) is 34.1 Å². The number of carbonyl (C=O) groups is 1. The molecule has 0 unspecified atom stereocenters. The Hall–Kier alpha value is -2.33. The summed E-state index contributed by atoms with van der Waals surface area (Å²) in [5.74, 6) is -0.170. The number of halogens is 1. The molecule has 0 fully saturated rings. The number of fused-ring (bicyclic) bond motifs is 1. The van der Waals surface area contributed by atoms with E-state index in [2.05, 4.69) is 22.4 Å². The molecule has 1 aromatic carbocycles. The highest BCUT2D eigenvalue weighted by Gasteiger charge is 2.19. The Kier molecular flexibility index (Phi) is 4.33. The van der Waals surface area contributed by atoms with Crippen LogP contribution in [0.5, 0.6) is 0 Å². The van der Waals surface area contributed by atoms with E-state index in [9.17, 15) is 4.79 Å². The maximum absolute atomic E-state index is 13.0. The third-order valence-corrected chi connectivity index (χ3v) is 4.34. The van der Waals surface area contributed by atoms with Gasteiger partial charge in [-0.15, -0.1) is 0 Å². The van der Waals surface area contributed by atoms with Gasteiger partial charge in [-0.2, -0.15) is 0 Å². The molecule has 0 aliphatic rings. The van der Waals surface area contributed by atoms with Crippen molar-refractivity contribution < 1.29 is 4.79 Å². The van der Waals surface area contributed by atoms with Crippen LogP contribution in [0.2, 0.25) is 5.02 Å². The summed E-state index contributed by atoms with van der Waals surface area (Å²) < 4.78 is 1.76. The van der Waals surface area contributed by atoms with Gasteiger partial charge in [0.15, 0.2) is 0 Å². The summed E-state index contributed by atoms with van der Waals surface area (Å²) in [4.78, 5) is 17.5. The Labute approximate surface area is 146 Å². The van der Waals surface area contributed by atoms with Crippen molar-refractivity contribution >= 4 is 28.8 Å². The molecule has 0 saturated carbocycles. The van der Waals surface area contributed by atoms with Gasteiger partial charge in [0.1, 0.15) is 11.3 Å². The van der Waals surface area contributed by atoms with Crippen molar-refractivity contribution in [2.75, 3.05) is 5.32 Å². The van der Waals surface area contributed by atoms with Gasteiger partial charge < -0.3 is 5.32 Å². The Morgan fingerprint density at radius 1 is 1.21 bits per heavy atom. The fourth-order valence-electron chi connectivity index (χ4n) is 3.10. The number of aryl methyl sites for hydroxylation is 4. The van der Waals surface area contributed by atoms with Gasteiger partial charge in [-0.05, 0) is 50.5 Å². The number of amides is 1. The summed E-state index contributed by atoms with van der Waals surface area (Å²) in [6.07, 6.45) is 2.40. The van der Waals surface area contributed by atoms with Crippen LogP contribution in [0.1, 0.15) is 39.8 Å². The zero-order valence-corrected chi connectivity index (χ0v) is 15.0. The number of imidazole rings is 1. The molecular weight excluding hydrogens is 322 g/mol. The van der Waals surface area contributed by atoms with E-state index in [-0.39, 0.29) is 5.91 Å². The van der Waals surface area contributed by atoms with Gasteiger partial charge in [0.25, 0.3) is 5.91 Å². The molecule has 124 valence electrons. The fraction of sp³-hybridized carbons (Fsp3) is 0.263. The minimum Gasteiger partial charge on any atom is -0.320 e. The van der Waals surface area contributed by atoms with E-state index in [0.29, 0.717) is 17.1 Å². The van der Waals surface area contributed by atoms with Crippen LogP contribution in [-0.2, 0) is 6.42 Å². The monoisotopic (exact) mass is 341 g/mol. The topological polar surface area (TPSA) is 46.4 Å². The molecule has 0 saturated heterocycles. The van der Waals surface area contributed by atoms with Crippen molar-refractivity contribution in [3.05, 3.63) is 63.6 Å². The van der Waals surface area contributed by atoms with E-state index < -0.39 is 0 Å². The molecule has 5 heteroatoms. The smallest absolute Gasteiger partial charge is 0.274 e. The van der Waals surface area contributed by atoms with Gasteiger partial charge in [-0.1, -0.05) is 36.2 Å². The highest BCUT2D eigenvalue weighted by atomic mass is 35.5. The number of aromatic nitrogens is 2. The molecule has 0 aliphatic heterocycles. The van der Waals surface area contributed by atoms with Crippen LogP contribution in [0.15, 0.2) is 30.5 Å². The maximum Gasteiger partial charge on any atom is 0.274 e. The van der Waals surface area contributed by atoms with Crippen molar-refractivity contribution in [3.63, 3.8) is 0 Å². The standard InChI is InChI=1S/C19H20ClN3O/c1-5-15-18(23-10-14(20)6-7-16(23)21-15)19(24)22-17-12(3)8-11(2)9-13(17)4/h6-10H,5H2,1-4H3,(H,22,24). The molecular formula is C19H20ClN3O. The first kappa shape index (κ1) is 16.5. The van der Waals surface area contributed by atoms with E-state index in [1.165, 1.54) is 5.56 Å². The molecule has 3 rings (SSSR count). The van der Waals surface area contributed by atoms with Gasteiger partial charge in [-0.3, -0.25) is 9.20 Å². The van der Waals surface area contributed by atoms with Crippen LogP contribution in [0, 0.1) is 20.8 Å². The quantitative estimate of drug-likeness (QED) is 0.748. The molecule has 24 heavy (non-hydrogen) atoms. The molecule has 3 aromatic rings. The first-order valence-corrected chi connectivity index (χ1v) is 8.34. The summed E-state index contributed by atoms with van der Waals surface area (Å²) in [5.41, 5.74) is 6.14. The van der Waals surface area contributed by atoms with Gasteiger partial charge in [-0.25, -0.2) is 4.98 Å². The van der Waals surface area contributed by atoms with Crippen molar-refractivity contribution in [3.8, 4) is 0 Å². The summed E-state index contributed by atoms with van der Waals surface area (Å²) in [7, 11) is 0. The Morgan fingerprint density at radius 3 is 2.50 bits per heavy atom. The average molecular weight is 342 g/mol. The van der Waals surface area contributed by atoms with Crippen LogP contribution < -0.4 is 5.32 Å². The molecule has 0 bridgehead atoms. The molecule has 2 aromatic heterocycles. The lowest BCUT2D eigenvalue weighted by molar-refractivity contribution is 0.102. The van der Waals surface area contributed by atoms with Crippen LogP contribution >= 0.6 is 11.6 Å². The molecule has 4 nitrogen and oxygen atoms in total. The van der Waals surface area contributed by atoms with Gasteiger partial charge in [0.05, 0.1) is 10.7 Å². The van der Waals surface area contributed by atoms with Gasteiger partial charge >= 0.3 is 0 Å². The lowest BCUT2D eigenvalue weighted by Crippen LogP contribution is -2.17. The van der Waals surface area contributed by atoms with Crippen molar-refractivity contribution in [1.82, 2.24) is 9.38 Å². The van der Waals surface area contributed by atoms with Crippen LogP contribution in [0.4, 0.5) is 5.69 Å². The fourth-order valence-corrected chi connectivity index (χ4v) is 3.26. The molecule has 0 spiro atoms. The Balaban J connectivity index is 2.08. The Morgan fingerprint density at radius 2 is 1.88 bits per heavy atom. The largest absolute Gasteiger partial charge is 0.320 e. The summed E-state index contributed by atoms with van der Waals surface area (Å²) in [5, 5.41) is 3.62. The maximum atomic E-state index is 13.0. The average Bonchev–Trinajstić information content (AvgIpc) is 2.88. The van der Waals surface area contributed by atoms with E-state index in [1.54, 1.807) is 16.7 Å². The van der Waals surface area contributed by atoms with Gasteiger partial charge in [0, 0.05) is 11.9 Å². The lowest BCUT2D eigenvalue weighted by Gasteiger charge is -2.13. The summed E-state index contributed by atoms with van der Waals surface area (Å²) in [6.45, 7) is 8.04. The first-order chi connectivity index (χ1) is 11.4. The molecule has 0 radical (unpaired) electrons. The van der Waals surface area contributed by atoms with E-state index >= 15 is 0 Å². The number of benzene rings is 1. The zero-order valence-electron chi connectivity index (χ0n) is 14.3. The van der Waals surface area contributed by atoms with E-state index in [4.69, 9.17) is 11.6 Å². The molecule has 1 N–H and O–H groups in total. The van der Waals surface area contributed by atoms with Crippen LogP contribution in [-0.4, -0.2) is 15.3 Å². The number of nitrogens with zero attached hydrogens (tertiary/aromatic N) is 2. The minimum absolute atomic E-state index is 0.170. The highest BCUT2D eigenvalue weighted by Crippen LogP contribution is 2.24. The number of hydrogen-bond acceptors (Lipinski definition) is 2. The molecule has 2 heterocycles. The predicted octanol–water partition coefficient (Wildman–Crippen LogP) is 4.73. The number of nitrogens with one attached hydrogen (secondary N) is 1. The van der Waals surface area contributed by atoms with Crippen molar-refractivity contribution in [2.24, 2.45) is 0 Å².